The number of pyridine rings is 2. The topological polar surface area (TPSA) is 25.8 Å². The maximum atomic E-state index is 4.51. The second-order valence-electron chi connectivity index (χ2n) is 12.0. The van der Waals surface area contributed by atoms with Crippen LogP contribution in [-0.2, 0) is 20.1 Å². The third kappa shape index (κ3) is 6.81. The molecule has 0 bridgehead atoms. The summed E-state index contributed by atoms with van der Waals surface area (Å²) in [6, 6.07) is 36.4. The molecule has 3 aromatic heterocycles. The molecule has 1 aliphatic carbocycles. The van der Waals surface area contributed by atoms with Crippen LogP contribution in [0.2, 0.25) is 19.6 Å². The van der Waals surface area contributed by atoms with Gasteiger partial charge in [-0.25, -0.2) is 0 Å². The van der Waals surface area contributed by atoms with Crippen LogP contribution in [0.4, 0.5) is 0 Å². The van der Waals surface area contributed by atoms with Gasteiger partial charge in [0.1, 0.15) is 0 Å². The zero-order valence-corrected chi connectivity index (χ0v) is 28.7. The Bertz CT molecular complexity index is 1750. The van der Waals surface area contributed by atoms with Gasteiger partial charge in [0.2, 0.25) is 0 Å². The summed E-state index contributed by atoms with van der Waals surface area (Å²) in [5, 5.41) is 4.21. The Kier molecular flexibility index (Phi) is 9.85. The van der Waals surface area contributed by atoms with E-state index in [9.17, 15) is 0 Å². The molecule has 0 atom stereocenters. The molecule has 5 heteroatoms. The summed E-state index contributed by atoms with van der Waals surface area (Å²) in [5.74, 6) is 0.740. The molecule has 215 valence electrons. The Balaban J connectivity index is 0.000000169. The van der Waals surface area contributed by atoms with Crippen molar-refractivity contribution in [2.24, 2.45) is 0 Å². The third-order valence-electron chi connectivity index (χ3n) is 8.06. The molecule has 1 aliphatic rings. The molecular weight excluding hydrogens is 725 g/mol. The maximum absolute atomic E-state index is 4.51. The minimum Gasteiger partial charge on any atom is -0.305 e. The van der Waals surface area contributed by atoms with E-state index in [1.165, 1.54) is 63.0 Å². The van der Waals surface area contributed by atoms with Crippen molar-refractivity contribution in [3.05, 3.63) is 115 Å². The summed E-state index contributed by atoms with van der Waals surface area (Å²) < 4.78 is 2.63. The molecular formula is C37H36IrN2SSi-2. The van der Waals surface area contributed by atoms with Gasteiger partial charge in [0, 0.05) is 37.2 Å². The van der Waals surface area contributed by atoms with E-state index in [1.807, 2.05) is 60.1 Å². The van der Waals surface area contributed by atoms with Crippen molar-refractivity contribution < 1.29 is 20.1 Å². The smallest absolute Gasteiger partial charge is 0.0776 e. The molecule has 42 heavy (non-hydrogen) atoms. The Morgan fingerprint density at radius 2 is 1.55 bits per heavy atom. The number of rotatable bonds is 4. The summed E-state index contributed by atoms with van der Waals surface area (Å²) in [5.41, 5.74) is 5.71. The van der Waals surface area contributed by atoms with E-state index in [0.29, 0.717) is 0 Å². The maximum Gasteiger partial charge on any atom is 0.0776 e. The second-order valence-corrected chi connectivity index (χ2v) is 18.1. The van der Waals surface area contributed by atoms with E-state index in [2.05, 4.69) is 90.3 Å². The predicted molar refractivity (Wildman–Crippen MR) is 179 cm³/mol. The first-order chi connectivity index (χ1) is 20.0. The summed E-state index contributed by atoms with van der Waals surface area (Å²) in [7, 11) is -1.30. The van der Waals surface area contributed by atoms with Crippen molar-refractivity contribution in [1.82, 2.24) is 9.97 Å². The van der Waals surface area contributed by atoms with Crippen LogP contribution in [0.1, 0.15) is 43.6 Å². The number of hydrogen-bond acceptors (Lipinski definition) is 3. The van der Waals surface area contributed by atoms with Crippen LogP contribution in [0.25, 0.3) is 42.7 Å². The predicted octanol–water partition coefficient (Wildman–Crippen LogP) is 10.1. The Morgan fingerprint density at radius 3 is 2.29 bits per heavy atom. The normalized spacial score (nSPS) is 13.8. The SMILES string of the molecule is C[Si](C)(C)c1ccc2sc3c(-c4ccccn4)[c-]ccc3c2c1.[Ir].[c-]1ccccc1-c1cc(C2CCCCC2)ccn1. The van der Waals surface area contributed by atoms with E-state index in [4.69, 9.17) is 0 Å². The molecule has 0 aliphatic heterocycles. The Labute approximate surface area is 268 Å². The number of hydrogen-bond donors (Lipinski definition) is 0. The van der Waals surface area contributed by atoms with Gasteiger partial charge in [0.25, 0.3) is 0 Å². The van der Waals surface area contributed by atoms with Crippen LogP contribution in [-0.4, -0.2) is 18.0 Å². The molecule has 1 radical (unpaired) electrons. The summed E-state index contributed by atoms with van der Waals surface area (Å²) in [6.45, 7) is 7.20. The zero-order valence-electron chi connectivity index (χ0n) is 24.5. The van der Waals surface area contributed by atoms with Gasteiger partial charge >= 0.3 is 0 Å². The van der Waals surface area contributed by atoms with Crippen LogP contribution in [0.3, 0.4) is 0 Å². The number of aromatic nitrogens is 2. The van der Waals surface area contributed by atoms with Crippen LogP contribution in [0.15, 0.2) is 97.3 Å². The first-order valence-corrected chi connectivity index (χ1v) is 19.0. The molecule has 0 amide bonds. The van der Waals surface area contributed by atoms with E-state index >= 15 is 0 Å². The first-order valence-electron chi connectivity index (χ1n) is 14.7. The third-order valence-corrected chi connectivity index (χ3v) is 11.3. The standard InChI is InChI=1S/C20H18NSSi.C17H18N.Ir/c1-23(2,3)14-10-11-19-17(13-14)15-7-6-8-16(20(15)22-19)18-9-4-5-12-21-18;1-3-7-14(8-4-1)16-11-12-18-17(13-16)15-9-5-2-6-10-15;/h4-7,9-13H,1-3H3;2,5-6,9,11-14H,1,3-4,7-8H2;/q2*-1;. The average molecular weight is 761 g/mol. The minimum atomic E-state index is -1.30. The fourth-order valence-corrected chi connectivity index (χ4v) is 8.09. The fourth-order valence-electron chi connectivity index (χ4n) is 5.75. The molecule has 0 unspecified atom stereocenters. The molecule has 3 aromatic carbocycles. The molecule has 0 spiro atoms. The van der Waals surface area contributed by atoms with E-state index in [-0.39, 0.29) is 20.1 Å². The molecule has 2 nitrogen and oxygen atoms in total. The zero-order chi connectivity index (χ0) is 28.2. The number of thiophene rings is 1. The van der Waals surface area contributed by atoms with Crippen LogP contribution >= 0.6 is 11.3 Å². The largest absolute Gasteiger partial charge is 0.305 e. The van der Waals surface area contributed by atoms with E-state index in [0.717, 1.165) is 28.4 Å². The summed E-state index contributed by atoms with van der Waals surface area (Å²) in [6.07, 6.45) is 10.6. The monoisotopic (exact) mass is 761 g/mol. The number of fused-ring (bicyclic) bond motifs is 3. The van der Waals surface area contributed by atoms with Crippen molar-refractivity contribution in [1.29, 1.82) is 0 Å². The average Bonchev–Trinajstić information content (AvgIpc) is 3.41. The Morgan fingerprint density at radius 1 is 0.738 bits per heavy atom. The van der Waals surface area contributed by atoms with Crippen molar-refractivity contribution in [3.63, 3.8) is 0 Å². The van der Waals surface area contributed by atoms with Crippen molar-refractivity contribution in [3.8, 4) is 22.5 Å². The summed E-state index contributed by atoms with van der Waals surface area (Å²) >= 11 is 1.85. The van der Waals surface area contributed by atoms with Gasteiger partial charge in [-0.05, 0) is 58.4 Å². The molecule has 3 heterocycles. The first kappa shape index (κ1) is 30.5. The van der Waals surface area contributed by atoms with E-state index < -0.39 is 8.07 Å². The number of nitrogens with zero attached hydrogens (tertiary/aromatic N) is 2. The van der Waals surface area contributed by atoms with Gasteiger partial charge in [0.05, 0.1) is 8.07 Å². The van der Waals surface area contributed by atoms with Gasteiger partial charge in [-0.15, -0.1) is 59.7 Å². The quantitative estimate of drug-likeness (QED) is 0.132. The van der Waals surface area contributed by atoms with Gasteiger partial charge in [0.15, 0.2) is 0 Å². The fraction of sp³-hybridized carbons (Fsp3) is 0.243. The number of benzene rings is 3. The Hall–Kier alpha value is -2.95. The molecule has 1 saturated carbocycles. The van der Waals surface area contributed by atoms with Crippen molar-refractivity contribution in [2.45, 2.75) is 57.7 Å². The molecule has 6 aromatic rings. The van der Waals surface area contributed by atoms with Crippen molar-refractivity contribution in [2.75, 3.05) is 0 Å². The second kappa shape index (κ2) is 13.6. The van der Waals surface area contributed by atoms with Gasteiger partial charge in [-0.1, -0.05) is 85.4 Å². The van der Waals surface area contributed by atoms with Gasteiger partial charge < -0.3 is 9.97 Å². The minimum absolute atomic E-state index is 0. The van der Waals surface area contributed by atoms with Crippen LogP contribution < -0.4 is 5.19 Å². The van der Waals surface area contributed by atoms with E-state index in [1.54, 1.807) is 0 Å². The molecule has 1 fully saturated rings. The molecule has 0 N–H and O–H groups in total. The van der Waals surface area contributed by atoms with Gasteiger partial charge in [-0.3, -0.25) is 0 Å². The van der Waals surface area contributed by atoms with Crippen molar-refractivity contribution >= 4 is 44.8 Å². The summed E-state index contributed by atoms with van der Waals surface area (Å²) in [4.78, 5) is 8.98. The van der Waals surface area contributed by atoms with Crippen LogP contribution in [0.5, 0.6) is 0 Å². The molecule has 0 saturated heterocycles. The van der Waals surface area contributed by atoms with Gasteiger partial charge in [-0.2, -0.15) is 11.3 Å². The molecule has 7 rings (SSSR count). The van der Waals surface area contributed by atoms with Crippen LogP contribution in [0, 0.1) is 12.1 Å².